The first-order valence-electron chi connectivity index (χ1n) is 6.21. The smallest absolute Gasteiger partial charge is 0.134 e. The molecule has 2 heteroatoms. The summed E-state index contributed by atoms with van der Waals surface area (Å²) in [5.74, 6) is 0.508. The van der Waals surface area contributed by atoms with Gasteiger partial charge in [0.1, 0.15) is 17.7 Å². The maximum Gasteiger partial charge on any atom is 0.134 e. The highest BCUT2D eigenvalue weighted by atomic mass is 19.1. The highest BCUT2D eigenvalue weighted by Gasteiger charge is 2.25. The normalized spacial score (nSPS) is 17.4. The van der Waals surface area contributed by atoms with Crippen LogP contribution in [0.4, 0.5) is 4.39 Å². The van der Waals surface area contributed by atoms with Crippen molar-refractivity contribution in [3.05, 3.63) is 53.3 Å². The van der Waals surface area contributed by atoms with Crippen molar-refractivity contribution in [3.63, 3.8) is 0 Å². The second-order valence-electron chi connectivity index (χ2n) is 4.86. The average Bonchev–Trinajstić information content (AvgIpc) is 2.71. The maximum atomic E-state index is 14.2. The molecule has 0 spiro atoms. The zero-order valence-electron chi connectivity index (χ0n) is 10.5. The van der Waals surface area contributed by atoms with Gasteiger partial charge in [0.2, 0.25) is 0 Å². The molecule has 3 rings (SSSR count). The predicted molar refractivity (Wildman–Crippen MR) is 70.4 cm³/mol. The number of hydrogen-bond donors (Lipinski definition) is 0. The Balaban J connectivity index is 2.25. The van der Waals surface area contributed by atoms with Crippen molar-refractivity contribution in [3.8, 4) is 16.9 Å². The lowest BCUT2D eigenvalue weighted by molar-refractivity contribution is 0.255. The zero-order valence-corrected chi connectivity index (χ0v) is 10.5. The molecule has 0 fully saturated rings. The first kappa shape index (κ1) is 11.3. The van der Waals surface area contributed by atoms with E-state index in [1.807, 2.05) is 44.2 Å². The monoisotopic (exact) mass is 242 g/mol. The van der Waals surface area contributed by atoms with Gasteiger partial charge in [0, 0.05) is 6.42 Å². The minimum atomic E-state index is -0.211. The van der Waals surface area contributed by atoms with Crippen molar-refractivity contribution >= 4 is 0 Å². The van der Waals surface area contributed by atoms with Gasteiger partial charge >= 0.3 is 0 Å². The quantitative estimate of drug-likeness (QED) is 0.730. The lowest BCUT2D eigenvalue weighted by Crippen LogP contribution is -2.05. The van der Waals surface area contributed by atoms with Gasteiger partial charge in [0.25, 0.3) is 0 Å². The Labute approximate surface area is 106 Å². The van der Waals surface area contributed by atoms with Crippen LogP contribution in [-0.2, 0) is 6.42 Å². The molecule has 92 valence electrons. The molecule has 0 radical (unpaired) electrons. The van der Waals surface area contributed by atoms with E-state index in [1.54, 1.807) is 6.07 Å². The van der Waals surface area contributed by atoms with Crippen LogP contribution in [0.25, 0.3) is 11.1 Å². The largest absolute Gasteiger partial charge is 0.489 e. The highest BCUT2D eigenvalue weighted by molar-refractivity contribution is 5.76. The fourth-order valence-corrected chi connectivity index (χ4v) is 2.55. The molecule has 18 heavy (non-hydrogen) atoms. The standard InChI is InChI=1S/C16H15FO/c1-10-5-3-4-6-13(10)15-14(17)8-7-12-9-11(2)18-16(12)15/h3-8,11H,9H2,1-2H3. The average molecular weight is 242 g/mol. The van der Waals surface area contributed by atoms with Crippen LogP contribution < -0.4 is 4.74 Å². The van der Waals surface area contributed by atoms with Gasteiger partial charge in [-0.05, 0) is 36.6 Å². The third-order valence-corrected chi connectivity index (χ3v) is 3.43. The number of benzene rings is 2. The summed E-state index contributed by atoms with van der Waals surface area (Å²) in [5.41, 5.74) is 3.69. The van der Waals surface area contributed by atoms with Crippen molar-refractivity contribution < 1.29 is 9.13 Å². The summed E-state index contributed by atoms with van der Waals surface area (Å²) in [7, 11) is 0. The van der Waals surface area contributed by atoms with Gasteiger partial charge in [-0.25, -0.2) is 4.39 Å². The molecule has 0 amide bonds. The number of rotatable bonds is 1. The fraction of sp³-hybridized carbons (Fsp3) is 0.250. The molecule has 0 bridgehead atoms. The number of ether oxygens (including phenoxy) is 1. The van der Waals surface area contributed by atoms with E-state index in [2.05, 4.69) is 0 Å². The summed E-state index contributed by atoms with van der Waals surface area (Å²) in [5, 5.41) is 0. The third kappa shape index (κ3) is 1.69. The van der Waals surface area contributed by atoms with Crippen molar-refractivity contribution in [1.29, 1.82) is 0 Å². The minimum absolute atomic E-state index is 0.129. The van der Waals surface area contributed by atoms with Crippen molar-refractivity contribution in [2.45, 2.75) is 26.4 Å². The predicted octanol–water partition coefficient (Wildman–Crippen LogP) is 4.12. The van der Waals surface area contributed by atoms with Gasteiger partial charge in [0.05, 0.1) is 5.56 Å². The minimum Gasteiger partial charge on any atom is -0.489 e. The van der Waals surface area contributed by atoms with E-state index in [4.69, 9.17) is 4.74 Å². The van der Waals surface area contributed by atoms with Crippen molar-refractivity contribution in [1.82, 2.24) is 0 Å². The number of hydrogen-bond acceptors (Lipinski definition) is 1. The van der Waals surface area contributed by atoms with Crippen LogP contribution in [0.5, 0.6) is 5.75 Å². The summed E-state index contributed by atoms with van der Waals surface area (Å²) < 4.78 is 19.9. The van der Waals surface area contributed by atoms with Crippen LogP contribution in [-0.4, -0.2) is 6.10 Å². The maximum absolute atomic E-state index is 14.2. The summed E-state index contributed by atoms with van der Waals surface area (Å²) >= 11 is 0. The van der Waals surface area contributed by atoms with Gasteiger partial charge in [0.15, 0.2) is 0 Å². The molecular weight excluding hydrogens is 227 g/mol. The van der Waals surface area contributed by atoms with Crippen LogP contribution in [0.1, 0.15) is 18.1 Å². The molecule has 0 saturated heterocycles. The molecule has 1 aliphatic heterocycles. The first-order valence-corrected chi connectivity index (χ1v) is 6.21. The Morgan fingerprint density at radius 1 is 1.17 bits per heavy atom. The van der Waals surface area contributed by atoms with Gasteiger partial charge < -0.3 is 4.74 Å². The van der Waals surface area contributed by atoms with E-state index in [0.717, 1.165) is 28.9 Å². The number of aryl methyl sites for hydroxylation is 1. The molecule has 0 aromatic heterocycles. The van der Waals surface area contributed by atoms with E-state index in [9.17, 15) is 4.39 Å². The lowest BCUT2D eigenvalue weighted by Gasteiger charge is -2.12. The first-order chi connectivity index (χ1) is 8.66. The van der Waals surface area contributed by atoms with Crippen LogP contribution in [0, 0.1) is 12.7 Å². The van der Waals surface area contributed by atoms with E-state index < -0.39 is 0 Å². The number of fused-ring (bicyclic) bond motifs is 1. The number of halogens is 1. The van der Waals surface area contributed by atoms with Crippen LogP contribution in [0.15, 0.2) is 36.4 Å². The van der Waals surface area contributed by atoms with Crippen LogP contribution in [0.3, 0.4) is 0 Å². The Hall–Kier alpha value is -1.83. The molecule has 2 aromatic rings. The molecule has 0 aliphatic carbocycles. The second-order valence-corrected chi connectivity index (χ2v) is 4.86. The summed E-state index contributed by atoms with van der Waals surface area (Å²) in [4.78, 5) is 0. The van der Waals surface area contributed by atoms with Gasteiger partial charge in [-0.1, -0.05) is 30.3 Å². The highest BCUT2D eigenvalue weighted by Crippen LogP contribution is 2.41. The van der Waals surface area contributed by atoms with E-state index in [0.29, 0.717) is 5.56 Å². The Kier molecular flexibility index (Phi) is 2.58. The Morgan fingerprint density at radius 2 is 1.94 bits per heavy atom. The molecule has 1 aliphatic rings. The fourth-order valence-electron chi connectivity index (χ4n) is 2.55. The SMILES string of the molecule is Cc1ccccc1-c1c(F)ccc2c1OC(C)C2. The summed E-state index contributed by atoms with van der Waals surface area (Å²) in [6.07, 6.45) is 0.985. The third-order valence-electron chi connectivity index (χ3n) is 3.43. The van der Waals surface area contributed by atoms with E-state index >= 15 is 0 Å². The summed E-state index contributed by atoms with van der Waals surface area (Å²) in [6.45, 7) is 4.01. The van der Waals surface area contributed by atoms with E-state index in [1.165, 1.54) is 0 Å². The van der Waals surface area contributed by atoms with Gasteiger partial charge in [-0.3, -0.25) is 0 Å². The molecule has 0 saturated carbocycles. The lowest BCUT2D eigenvalue weighted by atomic mass is 9.97. The Morgan fingerprint density at radius 3 is 2.72 bits per heavy atom. The molecule has 1 heterocycles. The topological polar surface area (TPSA) is 9.23 Å². The second kappa shape index (κ2) is 4.13. The molecule has 2 aromatic carbocycles. The van der Waals surface area contributed by atoms with Crippen LogP contribution >= 0.6 is 0 Å². The van der Waals surface area contributed by atoms with E-state index in [-0.39, 0.29) is 11.9 Å². The zero-order chi connectivity index (χ0) is 12.7. The summed E-state index contributed by atoms with van der Waals surface area (Å²) in [6, 6.07) is 11.2. The van der Waals surface area contributed by atoms with Gasteiger partial charge in [-0.15, -0.1) is 0 Å². The molecular formula is C16H15FO. The molecule has 0 N–H and O–H groups in total. The molecule has 1 nitrogen and oxygen atoms in total. The molecule has 1 unspecified atom stereocenters. The van der Waals surface area contributed by atoms with Crippen molar-refractivity contribution in [2.75, 3.05) is 0 Å². The van der Waals surface area contributed by atoms with Crippen molar-refractivity contribution in [2.24, 2.45) is 0 Å². The van der Waals surface area contributed by atoms with Gasteiger partial charge in [-0.2, -0.15) is 0 Å². The molecule has 1 atom stereocenters. The Bertz CT molecular complexity index is 604. The van der Waals surface area contributed by atoms with Crippen LogP contribution in [0.2, 0.25) is 0 Å².